The smallest absolute Gasteiger partial charge is 0.236 e. The molecule has 3 rings (SSSR count). The molecule has 1 aromatic carbocycles. The maximum Gasteiger partial charge on any atom is 0.236 e. The molecule has 30 heavy (non-hydrogen) atoms. The van der Waals surface area contributed by atoms with E-state index in [1.807, 2.05) is 23.1 Å². The highest BCUT2D eigenvalue weighted by Gasteiger charge is 2.24. The summed E-state index contributed by atoms with van der Waals surface area (Å²) in [6, 6.07) is 9.73. The van der Waals surface area contributed by atoms with Crippen LogP contribution in [0.5, 0.6) is 0 Å². The number of guanidine groups is 1. The number of nitrogens with zero attached hydrogens (tertiary/aromatic N) is 5. The number of ether oxygens (including phenoxy) is 1. The van der Waals surface area contributed by atoms with E-state index in [9.17, 15) is 4.79 Å². The summed E-state index contributed by atoms with van der Waals surface area (Å²) in [6.07, 6.45) is 0. The SMILES string of the molecule is CCNC(=NCc1cccc(C#N)c1)N1CCN(CC(=O)N2CCOCC2)CC1.I. The van der Waals surface area contributed by atoms with Crippen molar-refractivity contribution >= 4 is 35.8 Å². The first-order valence-electron chi connectivity index (χ1n) is 10.3. The number of rotatable bonds is 5. The molecular formula is C21H31IN6O2. The molecule has 0 saturated carbocycles. The topological polar surface area (TPSA) is 84.2 Å². The maximum atomic E-state index is 12.5. The van der Waals surface area contributed by atoms with Gasteiger partial charge in [0.1, 0.15) is 0 Å². The maximum absolute atomic E-state index is 12.5. The normalized spacial score (nSPS) is 17.8. The summed E-state index contributed by atoms with van der Waals surface area (Å²) in [7, 11) is 0. The van der Waals surface area contributed by atoms with Gasteiger partial charge in [-0.1, -0.05) is 12.1 Å². The number of amides is 1. The highest BCUT2D eigenvalue weighted by molar-refractivity contribution is 14.0. The number of morpholine rings is 1. The van der Waals surface area contributed by atoms with Gasteiger partial charge in [0, 0.05) is 45.8 Å². The lowest BCUT2D eigenvalue weighted by atomic mass is 10.1. The molecule has 2 aliphatic rings. The zero-order valence-electron chi connectivity index (χ0n) is 17.5. The van der Waals surface area contributed by atoms with Gasteiger partial charge in [-0.3, -0.25) is 9.69 Å². The fourth-order valence-electron chi connectivity index (χ4n) is 3.55. The number of carbonyl (C=O) groups excluding carboxylic acids is 1. The van der Waals surface area contributed by atoms with Gasteiger partial charge in [-0.25, -0.2) is 4.99 Å². The van der Waals surface area contributed by atoms with E-state index < -0.39 is 0 Å². The third-order valence-corrected chi connectivity index (χ3v) is 5.20. The number of nitrogens with one attached hydrogen (secondary N) is 1. The van der Waals surface area contributed by atoms with E-state index in [2.05, 4.69) is 28.1 Å². The summed E-state index contributed by atoms with van der Waals surface area (Å²) in [5.41, 5.74) is 1.68. The van der Waals surface area contributed by atoms with E-state index in [1.54, 1.807) is 6.07 Å². The molecule has 164 valence electrons. The molecule has 0 unspecified atom stereocenters. The van der Waals surface area contributed by atoms with Crippen molar-refractivity contribution in [3.8, 4) is 6.07 Å². The lowest BCUT2D eigenvalue weighted by Crippen LogP contribution is -2.54. The zero-order chi connectivity index (χ0) is 20.5. The van der Waals surface area contributed by atoms with Crippen LogP contribution >= 0.6 is 24.0 Å². The van der Waals surface area contributed by atoms with Gasteiger partial charge in [0.25, 0.3) is 0 Å². The molecule has 2 heterocycles. The molecule has 0 bridgehead atoms. The van der Waals surface area contributed by atoms with Crippen molar-refractivity contribution in [1.82, 2.24) is 20.0 Å². The number of aliphatic imine (C=N–C) groups is 1. The Balaban J connectivity index is 0.00000320. The number of halogens is 1. The minimum Gasteiger partial charge on any atom is -0.378 e. The van der Waals surface area contributed by atoms with Gasteiger partial charge < -0.3 is 19.9 Å². The van der Waals surface area contributed by atoms with E-state index in [-0.39, 0.29) is 29.9 Å². The van der Waals surface area contributed by atoms with Crippen LogP contribution in [0.25, 0.3) is 0 Å². The van der Waals surface area contributed by atoms with Crippen LogP contribution in [0.2, 0.25) is 0 Å². The molecule has 0 aromatic heterocycles. The van der Waals surface area contributed by atoms with Crippen LogP contribution in [0.15, 0.2) is 29.3 Å². The van der Waals surface area contributed by atoms with Crippen molar-refractivity contribution in [2.75, 3.05) is 65.6 Å². The third-order valence-electron chi connectivity index (χ3n) is 5.20. The molecule has 9 heteroatoms. The van der Waals surface area contributed by atoms with Crippen LogP contribution in [0.1, 0.15) is 18.1 Å². The van der Waals surface area contributed by atoms with Crippen LogP contribution in [0, 0.1) is 11.3 Å². The first-order chi connectivity index (χ1) is 14.2. The van der Waals surface area contributed by atoms with Crippen molar-refractivity contribution in [3.63, 3.8) is 0 Å². The average molecular weight is 526 g/mol. The quantitative estimate of drug-likeness (QED) is 0.352. The first kappa shape index (κ1) is 24.4. The molecular weight excluding hydrogens is 495 g/mol. The molecule has 8 nitrogen and oxygen atoms in total. The predicted molar refractivity (Wildman–Crippen MR) is 127 cm³/mol. The van der Waals surface area contributed by atoms with Crippen LogP contribution in [0.3, 0.4) is 0 Å². The zero-order valence-corrected chi connectivity index (χ0v) is 19.9. The Morgan fingerprint density at radius 3 is 2.57 bits per heavy atom. The Morgan fingerprint density at radius 1 is 1.17 bits per heavy atom. The van der Waals surface area contributed by atoms with E-state index in [0.29, 0.717) is 45.0 Å². The summed E-state index contributed by atoms with van der Waals surface area (Å²) in [6.45, 7) is 9.88. The van der Waals surface area contributed by atoms with Crippen LogP contribution < -0.4 is 5.32 Å². The molecule has 0 radical (unpaired) electrons. The van der Waals surface area contributed by atoms with Gasteiger partial charge in [0.05, 0.1) is 37.9 Å². The Bertz CT molecular complexity index is 752. The number of carbonyl (C=O) groups is 1. The Hall–Kier alpha value is -1.90. The molecule has 0 aliphatic carbocycles. The van der Waals surface area contributed by atoms with Crippen molar-refractivity contribution in [2.24, 2.45) is 4.99 Å². The number of benzene rings is 1. The number of piperazine rings is 1. The van der Waals surface area contributed by atoms with Crippen LogP contribution in [0.4, 0.5) is 0 Å². The van der Waals surface area contributed by atoms with Gasteiger partial charge in [-0.05, 0) is 24.6 Å². The van der Waals surface area contributed by atoms with E-state index in [0.717, 1.165) is 44.2 Å². The van der Waals surface area contributed by atoms with E-state index in [4.69, 9.17) is 15.0 Å². The summed E-state index contributed by atoms with van der Waals surface area (Å²) >= 11 is 0. The minimum atomic E-state index is 0. The minimum absolute atomic E-state index is 0. The van der Waals surface area contributed by atoms with Crippen LogP contribution in [-0.4, -0.2) is 92.1 Å². The summed E-state index contributed by atoms with van der Waals surface area (Å²) in [5.74, 6) is 1.08. The average Bonchev–Trinajstić information content (AvgIpc) is 2.78. The molecule has 2 fully saturated rings. The van der Waals surface area contributed by atoms with Crippen molar-refractivity contribution in [3.05, 3.63) is 35.4 Å². The molecule has 2 saturated heterocycles. The second-order valence-electron chi connectivity index (χ2n) is 7.24. The van der Waals surface area contributed by atoms with E-state index in [1.165, 1.54) is 0 Å². The molecule has 2 aliphatic heterocycles. The van der Waals surface area contributed by atoms with Crippen molar-refractivity contribution < 1.29 is 9.53 Å². The van der Waals surface area contributed by atoms with Gasteiger partial charge >= 0.3 is 0 Å². The number of hydrogen-bond acceptors (Lipinski definition) is 5. The predicted octanol–water partition coefficient (Wildman–Crippen LogP) is 1.12. The van der Waals surface area contributed by atoms with Crippen molar-refractivity contribution in [1.29, 1.82) is 5.26 Å². The summed E-state index contributed by atoms with van der Waals surface area (Å²) in [4.78, 5) is 23.6. The standard InChI is InChI=1S/C21H30N6O2.HI/c1-2-23-21(24-16-19-5-3-4-18(14-19)15-22)27-8-6-25(7-9-27)17-20(28)26-10-12-29-13-11-26;/h3-5,14H,2,6-13,16-17H2,1H3,(H,23,24);1H. The fraction of sp³-hybridized carbons (Fsp3) is 0.571. The summed E-state index contributed by atoms with van der Waals surface area (Å²) < 4.78 is 5.32. The largest absolute Gasteiger partial charge is 0.378 e. The van der Waals surface area contributed by atoms with Crippen molar-refractivity contribution in [2.45, 2.75) is 13.5 Å². The first-order valence-corrected chi connectivity index (χ1v) is 10.3. The Kier molecular flexibility index (Phi) is 10.3. The van der Waals surface area contributed by atoms with Crippen LogP contribution in [-0.2, 0) is 16.1 Å². The van der Waals surface area contributed by atoms with Gasteiger partial charge in [0.2, 0.25) is 5.91 Å². The molecule has 1 amide bonds. The van der Waals surface area contributed by atoms with Gasteiger partial charge in [0.15, 0.2) is 5.96 Å². The number of nitriles is 1. The lowest BCUT2D eigenvalue weighted by molar-refractivity contribution is -0.136. The second-order valence-corrected chi connectivity index (χ2v) is 7.24. The number of hydrogen-bond donors (Lipinski definition) is 1. The van der Waals surface area contributed by atoms with Gasteiger partial charge in [-0.2, -0.15) is 5.26 Å². The molecule has 1 N–H and O–H groups in total. The summed E-state index contributed by atoms with van der Waals surface area (Å²) in [5, 5.41) is 12.4. The third kappa shape index (κ3) is 7.11. The Morgan fingerprint density at radius 2 is 1.90 bits per heavy atom. The lowest BCUT2D eigenvalue weighted by Gasteiger charge is -2.37. The molecule has 0 spiro atoms. The van der Waals surface area contributed by atoms with Gasteiger partial charge in [-0.15, -0.1) is 24.0 Å². The molecule has 1 aromatic rings. The molecule has 0 atom stereocenters. The fourth-order valence-corrected chi connectivity index (χ4v) is 3.55. The Labute approximate surface area is 195 Å². The highest BCUT2D eigenvalue weighted by Crippen LogP contribution is 2.08. The highest BCUT2D eigenvalue weighted by atomic mass is 127. The van der Waals surface area contributed by atoms with E-state index >= 15 is 0 Å². The monoisotopic (exact) mass is 526 g/mol. The second kappa shape index (κ2) is 12.7.